The Kier molecular flexibility index (Phi) is 2.60. The van der Waals surface area contributed by atoms with E-state index in [2.05, 4.69) is 16.4 Å². The number of hydrogen-bond acceptors (Lipinski definition) is 5. The van der Waals surface area contributed by atoms with Gasteiger partial charge >= 0.3 is 0 Å². The minimum Gasteiger partial charge on any atom is -0.454 e. The summed E-state index contributed by atoms with van der Waals surface area (Å²) in [6.45, 7) is 4.21. The third-order valence-electron chi connectivity index (χ3n) is 2.94. The van der Waals surface area contributed by atoms with Crippen molar-refractivity contribution >= 4 is 0 Å². The second kappa shape index (κ2) is 4.28. The molecule has 0 radical (unpaired) electrons. The van der Waals surface area contributed by atoms with Crippen molar-refractivity contribution in [3.05, 3.63) is 23.9 Å². The van der Waals surface area contributed by atoms with Crippen molar-refractivity contribution in [3.63, 3.8) is 0 Å². The van der Waals surface area contributed by atoms with Gasteiger partial charge in [-0.05, 0) is 32.0 Å². The Bertz CT molecular complexity index is 670. The van der Waals surface area contributed by atoms with Gasteiger partial charge in [0, 0.05) is 11.6 Å². The molecule has 19 heavy (non-hydrogen) atoms. The van der Waals surface area contributed by atoms with Crippen LogP contribution >= 0.6 is 0 Å². The molecule has 6 nitrogen and oxygen atoms in total. The molecule has 0 bridgehead atoms. The third-order valence-corrected chi connectivity index (χ3v) is 2.94. The molecule has 0 spiro atoms. The molecular formula is C13H12N4O2. The zero-order chi connectivity index (χ0) is 13.4. The van der Waals surface area contributed by atoms with Gasteiger partial charge in [0.25, 0.3) is 0 Å². The first-order chi connectivity index (χ1) is 9.20. The average molecular weight is 256 g/mol. The highest BCUT2D eigenvalue weighted by Crippen LogP contribution is 2.36. The van der Waals surface area contributed by atoms with E-state index in [1.807, 2.05) is 32.0 Å². The number of fused-ring (bicyclic) bond motifs is 1. The predicted molar refractivity (Wildman–Crippen MR) is 66.7 cm³/mol. The second-order valence-corrected chi connectivity index (χ2v) is 4.50. The molecule has 1 aliphatic rings. The van der Waals surface area contributed by atoms with Crippen LogP contribution in [0.15, 0.2) is 18.2 Å². The van der Waals surface area contributed by atoms with Gasteiger partial charge in [0.05, 0.1) is 0 Å². The molecule has 2 heterocycles. The minimum absolute atomic E-state index is 0.120. The van der Waals surface area contributed by atoms with Crippen LogP contribution in [0.5, 0.6) is 11.5 Å². The number of aromatic nitrogens is 3. The molecule has 0 fully saturated rings. The van der Waals surface area contributed by atoms with Gasteiger partial charge in [-0.2, -0.15) is 5.26 Å². The van der Waals surface area contributed by atoms with Gasteiger partial charge in [-0.1, -0.05) is 5.21 Å². The van der Waals surface area contributed by atoms with Crippen molar-refractivity contribution < 1.29 is 9.47 Å². The number of nitriles is 1. The van der Waals surface area contributed by atoms with Crippen molar-refractivity contribution in [1.29, 1.82) is 5.26 Å². The number of nitrogens with zero attached hydrogens (tertiary/aromatic N) is 4. The Morgan fingerprint density at radius 2 is 2.11 bits per heavy atom. The van der Waals surface area contributed by atoms with Crippen LogP contribution in [-0.4, -0.2) is 21.8 Å². The lowest BCUT2D eigenvalue weighted by molar-refractivity contribution is 0.174. The molecule has 0 unspecified atom stereocenters. The first kappa shape index (κ1) is 11.5. The van der Waals surface area contributed by atoms with Crippen LogP contribution in [0.2, 0.25) is 0 Å². The van der Waals surface area contributed by atoms with E-state index in [0.29, 0.717) is 22.9 Å². The minimum atomic E-state index is 0.120. The van der Waals surface area contributed by atoms with Gasteiger partial charge in [0.1, 0.15) is 11.8 Å². The Morgan fingerprint density at radius 1 is 1.32 bits per heavy atom. The lowest BCUT2D eigenvalue weighted by Gasteiger charge is -2.10. The maximum Gasteiger partial charge on any atom is 0.231 e. The lowest BCUT2D eigenvalue weighted by atomic mass is 10.1. The molecular weight excluding hydrogens is 244 g/mol. The highest BCUT2D eigenvalue weighted by atomic mass is 16.7. The Hall–Kier alpha value is -2.55. The Labute approximate surface area is 110 Å². The molecule has 0 N–H and O–H groups in total. The maximum atomic E-state index is 9.15. The van der Waals surface area contributed by atoms with Crippen molar-refractivity contribution in [2.24, 2.45) is 0 Å². The zero-order valence-corrected chi connectivity index (χ0v) is 10.6. The summed E-state index contributed by atoms with van der Waals surface area (Å²) < 4.78 is 12.4. The molecule has 0 saturated carbocycles. The quantitative estimate of drug-likeness (QED) is 0.822. The number of ether oxygens (including phenoxy) is 2. The van der Waals surface area contributed by atoms with E-state index < -0.39 is 0 Å². The largest absolute Gasteiger partial charge is 0.454 e. The zero-order valence-electron chi connectivity index (χ0n) is 10.6. The van der Waals surface area contributed by atoms with E-state index in [-0.39, 0.29) is 12.8 Å². The van der Waals surface area contributed by atoms with Crippen LogP contribution in [0.1, 0.15) is 25.6 Å². The standard InChI is InChI=1S/C13H12N4O2/c1-8(2)17-13(10(6-14)15-16-17)9-3-4-11-12(5-9)19-7-18-11/h3-5,8H,7H2,1-2H3. The van der Waals surface area contributed by atoms with E-state index in [1.165, 1.54) is 0 Å². The molecule has 96 valence electrons. The van der Waals surface area contributed by atoms with Gasteiger partial charge in [-0.3, -0.25) is 0 Å². The van der Waals surface area contributed by atoms with Gasteiger partial charge in [0.2, 0.25) is 6.79 Å². The van der Waals surface area contributed by atoms with Crippen LogP contribution in [0.25, 0.3) is 11.3 Å². The van der Waals surface area contributed by atoms with Gasteiger partial charge in [0.15, 0.2) is 17.2 Å². The van der Waals surface area contributed by atoms with Crippen molar-refractivity contribution in [2.45, 2.75) is 19.9 Å². The summed E-state index contributed by atoms with van der Waals surface area (Å²) in [6.07, 6.45) is 0. The molecule has 1 aromatic heterocycles. The summed E-state index contributed by atoms with van der Waals surface area (Å²) in [5.41, 5.74) is 1.86. The molecule has 1 aromatic carbocycles. The fourth-order valence-electron chi connectivity index (χ4n) is 2.04. The molecule has 0 atom stereocenters. The topological polar surface area (TPSA) is 73.0 Å². The summed E-state index contributed by atoms with van der Waals surface area (Å²) in [5, 5.41) is 17.1. The highest BCUT2D eigenvalue weighted by molar-refractivity contribution is 5.68. The van der Waals surface area contributed by atoms with Crippen LogP contribution in [0.4, 0.5) is 0 Å². The fraction of sp³-hybridized carbons (Fsp3) is 0.308. The molecule has 0 saturated heterocycles. The summed E-state index contributed by atoms with van der Waals surface area (Å²) in [6, 6.07) is 7.75. The average Bonchev–Trinajstić information content (AvgIpc) is 3.03. The summed E-state index contributed by atoms with van der Waals surface area (Å²) >= 11 is 0. The van der Waals surface area contributed by atoms with Crippen LogP contribution < -0.4 is 9.47 Å². The van der Waals surface area contributed by atoms with Crippen LogP contribution in [0.3, 0.4) is 0 Å². The number of benzene rings is 1. The van der Waals surface area contributed by atoms with Crippen molar-refractivity contribution in [3.8, 4) is 28.8 Å². The van der Waals surface area contributed by atoms with Crippen LogP contribution in [0, 0.1) is 11.3 Å². The smallest absolute Gasteiger partial charge is 0.231 e. The lowest BCUT2D eigenvalue weighted by Crippen LogP contribution is -2.05. The Morgan fingerprint density at radius 3 is 2.84 bits per heavy atom. The van der Waals surface area contributed by atoms with E-state index in [9.17, 15) is 0 Å². The predicted octanol–water partition coefficient (Wildman–Crippen LogP) is 2.13. The molecule has 6 heteroatoms. The molecule has 0 amide bonds. The van der Waals surface area contributed by atoms with E-state index in [0.717, 1.165) is 5.56 Å². The van der Waals surface area contributed by atoms with Gasteiger partial charge < -0.3 is 9.47 Å². The van der Waals surface area contributed by atoms with Gasteiger partial charge in [-0.15, -0.1) is 5.10 Å². The second-order valence-electron chi connectivity index (χ2n) is 4.50. The number of rotatable bonds is 2. The van der Waals surface area contributed by atoms with E-state index >= 15 is 0 Å². The van der Waals surface area contributed by atoms with Crippen LogP contribution in [-0.2, 0) is 0 Å². The SMILES string of the molecule is CC(C)n1nnc(C#N)c1-c1ccc2c(c1)OCO2. The van der Waals surface area contributed by atoms with Gasteiger partial charge in [-0.25, -0.2) is 4.68 Å². The highest BCUT2D eigenvalue weighted by Gasteiger charge is 2.20. The first-order valence-electron chi connectivity index (χ1n) is 5.96. The third kappa shape index (κ3) is 1.80. The van der Waals surface area contributed by atoms with Crippen molar-refractivity contribution in [2.75, 3.05) is 6.79 Å². The maximum absolute atomic E-state index is 9.15. The van der Waals surface area contributed by atoms with E-state index in [1.54, 1.807) is 4.68 Å². The number of hydrogen-bond donors (Lipinski definition) is 0. The first-order valence-corrected chi connectivity index (χ1v) is 5.96. The Balaban J connectivity index is 2.16. The molecule has 2 aromatic rings. The fourth-order valence-corrected chi connectivity index (χ4v) is 2.04. The monoisotopic (exact) mass is 256 g/mol. The van der Waals surface area contributed by atoms with Crippen molar-refractivity contribution in [1.82, 2.24) is 15.0 Å². The summed E-state index contributed by atoms with van der Waals surface area (Å²) in [7, 11) is 0. The normalized spacial score (nSPS) is 12.7. The molecule has 0 aliphatic carbocycles. The summed E-state index contributed by atoms with van der Waals surface area (Å²) in [4.78, 5) is 0. The summed E-state index contributed by atoms with van der Waals surface area (Å²) in [5.74, 6) is 1.39. The molecule has 3 rings (SSSR count). The van der Waals surface area contributed by atoms with E-state index in [4.69, 9.17) is 14.7 Å². The molecule has 1 aliphatic heterocycles.